The Morgan fingerprint density at radius 2 is 1.75 bits per heavy atom. The van der Waals surface area contributed by atoms with Gasteiger partial charge in [0.1, 0.15) is 5.69 Å². The van der Waals surface area contributed by atoms with Gasteiger partial charge in [-0.3, -0.25) is 4.79 Å². The predicted octanol–water partition coefficient (Wildman–Crippen LogP) is 3.26. The molecule has 0 saturated heterocycles. The summed E-state index contributed by atoms with van der Waals surface area (Å²) in [6, 6.07) is 19.8. The fraction of sp³-hybridized carbons (Fsp3) is 0.0588. The maximum Gasteiger partial charge on any atom is 0.269 e. The van der Waals surface area contributed by atoms with E-state index < -0.39 is 0 Å². The van der Waals surface area contributed by atoms with E-state index in [0.29, 0.717) is 5.69 Å². The molecule has 0 aliphatic heterocycles. The lowest BCUT2D eigenvalue weighted by molar-refractivity contribution is 0.0958. The van der Waals surface area contributed by atoms with Gasteiger partial charge in [0.15, 0.2) is 0 Å². The summed E-state index contributed by atoms with van der Waals surface area (Å²) in [5, 5.41) is 3.63. The highest BCUT2D eigenvalue weighted by Gasteiger charge is 2.09. The minimum Gasteiger partial charge on any atom is -0.354 e. The van der Waals surface area contributed by atoms with Gasteiger partial charge in [-0.25, -0.2) is 4.98 Å². The Hall–Kier alpha value is -2.68. The lowest BCUT2D eigenvalue weighted by Crippen LogP contribution is -2.19. The number of hydrogen-bond acceptors (Lipinski definition) is 2. The molecule has 20 heavy (non-hydrogen) atoms. The first-order valence-electron chi connectivity index (χ1n) is 6.47. The van der Waals surface area contributed by atoms with E-state index in [1.165, 1.54) is 0 Å². The second-order valence-corrected chi connectivity index (χ2v) is 4.52. The molecule has 1 amide bonds. The first-order chi connectivity index (χ1) is 9.79. The minimum atomic E-state index is -0.172. The summed E-state index contributed by atoms with van der Waals surface area (Å²) < 4.78 is 0. The summed E-state index contributed by atoms with van der Waals surface area (Å²) in [4.78, 5) is 16.2. The molecule has 0 saturated carbocycles. The van der Waals surface area contributed by atoms with Crippen molar-refractivity contribution in [3.8, 4) is 11.1 Å². The third kappa shape index (κ3) is 2.14. The van der Waals surface area contributed by atoms with Gasteiger partial charge in [-0.2, -0.15) is 0 Å². The molecule has 2 aromatic carbocycles. The number of pyridine rings is 1. The second-order valence-electron chi connectivity index (χ2n) is 4.52. The molecule has 3 rings (SSSR count). The number of aromatic nitrogens is 1. The van der Waals surface area contributed by atoms with Crippen LogP contribution >= 0.6 is 0 Å². The summed E-state index contributed by atoms with van der Waals surface area (Å²) in [5.74, 6) is -0.172. The SMILES string of the molecule is CNC(=O)c1ccc2cccc(-c3ccccc3)c2n1. The molecule has 0 fully saturated rings. The molecule has 1 heterocycles. The van der Waals surface area contributed by atoms with Crippen molar-refractivity contribution < 1.29 is 4.79 Å². The first kappa shape index (κ1) is 12.4. The molecule has 1 N–H and O–H groups in total. The molecule has 0 radical (unpaired) electrons. The standard InChI is InChI=1S/C17H14N2O/c1-18-17(20)15-11-10-13-8-5-9-14(16(13)19-15)12-6-3-2-4-7-12/h2-11H,1H3,(H,18,20). The van der Waals surface area contributed by atoms with Crippen LogP contribution in [0.5, 0.6) is 0 Å². The molecule has 3 heteroatoms. The van der Waals surface area contributed by atoms with E-state index in [4.69, 9.17) is 0 Å². The van der Waals surface area contributed by atoms with Gasteiger partial charge in [-0.1, -0.05) is 54.6 Å². The van der Waals surface area contributed by atoms with E-state index in [1.807, 2.05) is 54.6 Å². The van der Waals surface area contributed by atoms with Crippen LogP contribution in [0, 0.1) is 0 Å². The van der Waals surface area contributed by atoms with Crippen molar-refractivity contribution >= 4 is 16.8 Å². The summed E-state index contributed by atoms with van der Waals surface area (Å²) in [6.45, 7) is 0. The van der Waals surface area contributed by atoms with Gasteiger partial charge in [0.2, 0.25) is 0 Å². The Kier molecular flexibility index (Phi) is 3.17. The number of hydrogen-bond donors (Lipinski definition) is 1. The van der Waals surface area contributed by atoms with Crippen molar-refractivity contribution in [2.24, 2.45) is 0 Å². The van der Waals surface area contributed by atoms with E-state index in [2.05, 4.69) is 10.3 Å². The smallest absolute Gasteiger partial charge is 0.269 e. The molecule has 3 aromatic rings. The number of benzene rings is 2. The van der Waals surface area contributed by atoms with Crippen molar-refractivity contribution in [1.29, 1.82) is 0 Å². The van der Waals surface area contributed by atoms with Crippen LogP contribution in [0.4, 0.5) is 0 Å². The maximum atomic E-state index is 11.7. The highest BCUT2D eigenvalue weighted by atomic mass is 16.1. The Morgan fingerprint density at radius 1 is 0.950 bits per heavy atom. The van der Waals surface area contributed by atoms with E-state index in [-0.39, 0.29) is 5.91 Å². The molecule has 0 atom stereocenters. The van der Waals surface area contributed by atoms with Gasteiger partial charge in [0, 0.05) is 18.0 Å². The molecular weight excluding hydrogens is 248 g/mol. The van der Waals surface area contributed by atoms with E-state index >= 15 is 0 Å². The number of para-hydroxylation sites is 1. The zero-order valence-corrected chi connectivity index (χ0v) is 11.1. The van der Waals surface area contributed by atoms with Crippen LogP contribution in [0.1, 0.15) is 10.5 Å². The molecule has 1 aromatic heterocycles. The lowest BCUT2D eigenvalue weighted by atomic mass is 10.0. The summed E-state index contributed by atoms with van der Waals surface area (Å²) in [7, 11) is 1.61. The zero-order chi connectivity index (χ0) is 13.9. The van der Waals surface area contributed by atoms with Gasteiger partial charge >= 0.3 is 0 Å². The van der Waals surface area contributed by atoms with Gasteiger partial charge < -0.3 is 5.32 Å². The topological polar surface area (TPSA) is 42.0 Å². The van der Waals surface area contributed by atoms with Crippen molar-refractivity contribution in [2.45, 2.75) is 0 Å². The highest BCUT2D eigenvalue weighted by Crippen LogP contribution is 2.27. The van der Waals surface area contributed by atoms with Gasteiger partial charge in [0.05, 0.1) is 5.52 Å². The molecule has 0 spiro atoms. The number of rotatable bonds is 2. The van der Waals surface area contributed by atoms with Crippen LogP contribution in [0.15, 0.2) is 60.7 Å². The number of carbonyl (C=O) groups excluding carboxylic acids is 1. The van der Waals surface area contributed by atoms with Crippen LogP contribution in [-0.2, 0) is 0 Å². The molecule has 0 bridgehead atoms. The van der Waals surface area contributed by atoms with Crippen LogP contribution < -0.4 is 5.32 Å². The Morgan fingerprint density at radius 3 is 2.50 bits per heavy atom. The predicted molar refractivity (Wildman–Crippen MR) is 80.6 cm³/mol. The van der Waals surface area contributed by atoms with Crippen LogP contribution in [0.25, 0.3) is 22.0 Å². The van der Waals surface area contributed by atoms with Crippen LogP contribution in [0.3, 0.4) is 0 Å². The summed E-state index contributed by atoms with van der Waals surface area (Å²) in [6.07, 6.45) is 0. The van der Waals surface area contributed by atoms with Crippen LogP contribution in [0.2, 0.25) is 0 Å². The molecular formula is C17H14N2O. The van der Waals surface area contributed by atoms with Crippen LogP contribution in [-0.4, -0.2) is 17.9 Å². The largest absolute Gasteiger partial charge is 0.354 e. The van der Waals surface area contributed by atoms with E-state index in [9.17, 15) is 4.79 Å². The number of carbonyl (C=O) groups is 1. The normalized spacial score (nSPS) is 10.4. The summed E-state index contributed by atoms with van der Waals surface area (Å²) >= 11 is 0. The Balaban J connectivity index is 2.24. The Bertz CT molecular complexity index is 766. The van der Waals surface area contributed by atoms with Crippen molar-refractivity contribution in [1.82, 2.24) is 10.3 Å². The van der Waals surface area contributed by atoms with Gasteiger partial charge in [-0.15, -0.1) is 0 Å². The van der Waals surface area contributed by atoms with Crippen molar-refractivity contribution in [2.75, 3.05) is 7.05 Å². The molecule has 0 aliphatic carbocycles. The number of amides is 1. The molecule has 0 aliphatic rings. The minimum absolute atomic E-state index is 0.172. The number of nitrogens with one attached hydrogen (secondary N) is 1. The lowest BCUT2D eigenvalue weighted by Gasteiger charge is -2.07. The molecule has 3 nitrogen and oxygen atoms in total. The fourth-order valence-corrected chi connectivity index (χ4v) is 2.25. The summed E-state index contributed by atoms with van der Waals surface area (Å²) in [5.41, 5.74) is 3.41. The van der Waals surface area contributed by atoms with Crippen molar-refractivity contribution in [3.63, 3.8) is 0 Å². The average Bonchev–Trinajstić information content (AvgIpc) is 2.54. The molecule has 98 valence electrons. The van der Waals surface area contributed by atoms with Crippen molar-refractivity contribution in [3.05, 3.63) is 66.4 Å². The fourth-order valence-electron chi connectivity index (χ4n) is 2.25. The molecule has 0 unspecified atom stereocenters. The van der Waals surface area contributed by atoms with Gasteiger partial charge in [-0.05, 0) is 11.6 Å². The highest BCUT2D eigenvalue weighted by molar-refractivity contribution is 5.98. The maximum absolute atomic E-state index is 11.7. The van der Waals surface area contributed by atoms with E-state index in [0.717, 1.165) is 22.0 Å². The van der Waals surface area contributed by atoms with Gasteiger partial charge in [0.25, 0.3) is 5.91 Å². The quantitative estimate of drug-likeness (QED) is 0.770. The number of fused-ring (bicyclic) bond motifs is 1. The number of nitrogens with zero attached hydrogens (tertiary/aromatic N) is 1. The third-order valence-corrected chi connectivity index (χ3v) is 3.26. The Labute approximate surface area is 117 Å². The average molecular weight is 262 g/mol. The van der Waals surface area contributed by atoms with E-state index in [1.54, 1.807) is 13.1 Å². The second kappa shape index (κ2) is 5.13. The monoisotopic (exact) mass is 262 g/mol. The third-order valence-electron chi connectivity index (χ3n) is 3.26. The zero-order valence-electron chi connectivity index (χ0n) is 11.1. The first-order valence-corrected chi connectivity index (χ1v) is 6.47.